The summed E-state index contributed by atoms with van der Waals surface area (Å²) in [6, 6.07) is 5.04. The number of ether oxygens (including phenoxy) is 1. The Morgan fingerprint density at radius 2 is 2.00 bits per heavy atom. The van der Waals surface area contributed by atoms with Crippen molar-refractivity contribution < 1.29 is 22.7 Å². The maximum Gasteiger partial charge on any atom is 0.408 e. The monoisotopic (exact) mass is 379 g/mol. The molecule has 0 radical (unpaired) electrons. The quantitative estimate of drug-likeness (QED) is 0.700. The Morgan fingerprint density at radius 3 is 2.74 bits per heavy atom. The number of carbonyl (C=O) groups excluding carboxylic acids is 1. The molecule has 1 aliphatic rings. The van der Waals surface area contributed by atoms with E-state index >= 15 is 0 Å². The van der Waals surface area contributed by atoms with Gasteiger partial charge in [0.1, 0.15) is 24.6 Å². The molecule has 0 saturated carbocycles. The summed E-state index contributed by atoms with van der Waals surface area (Å²) in [6.45, 7) is 0.864. The third kappa shape index (κ3) is 4.75. The third-order valence-corrected chi connectivity index (χ3v) is 4.48. The molecule has 1 aliphatic carbocycles. The first-order valence-electron chi connectivity index (χ1n) is 8.73. The van der Waals surface area contributed by atoms with Crippen LogP contribution in [0.1, 0.15) is 47.6 Å². The van der Waals surface area contributed by atoms with Crippen LogP contribution in [0.5, 0.6) is 5.75 Å². The zero-order chi connectivity index (χ0) is 19.4. The predicted octanol–water partition coefficient (Wildman–Crippen LogP) is 4.37. The summed E-state index contributed by atoms with van der Waals surface area (Å²) in [7, 11) is 0. The highest BCUT2D eigenvalue weighted by atomic mass is 19.4. The fraction of sp³-hybridized carbons (Fsp3) is 0.421. The van der Waals surface area contributed by atoms with Crippen LogP contribution in [-0.2, 0) is 6.54 Å². The van der Waals surface area contributed by atoms with E-state index in [4.69, 9.17) is 4.74 Å². The normalized spacial score (nSPS) is 15.1. The molecule has 2 heterocycles. The van der Waals surface area contributed by atoms with Crippen molar-refractivity contribution in [3.63, 3.8) is 0 Å². The fourth-order valence-corrected chi connectivity index (χ4v) is 3.26. The van der Waals surface area contributed by atoms with Crippen molar-refractivity contribution in [3.8, 4) is 5.75 Å². The van der Waals surface area contributed by atoms with Gasteiger partial charge in [0.05, 0.1) is 5.69 Å². The number of hydrogen-bond acceptors (Lipinski definition) is 4. The van der Waals surface area contributed by atoms with Gasteiger partial charge in [0.2, 0.25) is 0 Å². The molecule has 27 heavy (non-hydrogen) atoms. The molecule has 0 amide bonds. The minimum absolute atomic E-state index is 0.206. The van der Waals surface area contributed by atoms with E-state index in [2.05, 4.69) is 10.1 Å². The molecule has 0 saturated heterocycles. The van der Waals surface area contributed by atoms with Gasteiger partial charge in [-0.15, -0.1) is 0 Å². The van der Waals surface area contributed by atoms with Crippen LogP contribution in [0, 0.1) is 6.92 Å². The highest BCUT2D eigenvalue weighted by molar-refractivity contribution is 5.76. The Labute approximate surface area is 154 Å². The number of pyridine rings is 1. The zero-order valence-electron chi connectivity index (χ0n) is 14.9. The summed E-state index contributed by atoms with van der Waals surface area (Å²) >= 11 is 0. The molecule has 8 heteroatoms. The first-order chi connectivity index (χ1) is 12.9. The van der Waals surface area contributed by atoms with Crippen molar-refractivity contribution in [1.82, 2.24) is 14.8 Å². The lowest BCUT2D eigenvalue weighted by Gasteiger charge is -2.22. The van der Waals surface area contributed by atoms with Gasteiger partial charge in [-0.3, -0.25) is 9.48 Å². The number of rotatable bonds is 6. The van der Waals surface area contributed by atoms with Crippen molar-refractivity contribution in [1.29, 1.82) is 0 Å². The van der Waals surface area contributed by atoms with Crippen molar-refractivity contribution in [2.45, 2.75) is 45.3 Å². The van der Waals surface area contributed by atoms with E-state index in [9.17, 15) is 18.0 Å². The molecule has 2 aromatic heterocycles. The largest absolute Gasteiger partial charge is 0.487 e. The molecular formula is C19H20F3N3O2. The van der Waals surface area contributed by atoms with Gasteiger partial charge >= 0.3 is 6.18 Å². The molecule has 0 aromatic carbocycles. The lowest BCUT2D eigenvalue weighted by molar-refractivity contribution is -0.142. The number of aryl methyl sites for hydroxylation is 1. The van der Waals surface area contributed by atoms with Gasteiger partial charge < -0.3 is 4.74 Å². The molecule has 5 nitrogen and oxygen atoms in total. The molecule has 0 bridgehead atoms. The number of halogens is 3. The van der Waals surface area contributed by atoms with E-state index in [1.807, 2.05) is 0 Å². The van der Waals surface area contributed by atoms with Gasteiger partial charge in [0.15, 0.2) is 6.29 Å². The maximum absolute atomic E-state index is 12.8. The summed E-state index contributed by atoms with van der Waals surface area (Å²) in [5.74, 6) is 0.372. The first kappa shape index (κ1) is 19.1. The maximum atomic E-state index is 12.8. The summed E-state index contributed by atoms with van der Waals surface area (Å²) in [5.41, 5.74) is 3.18. The second kappa shape index (κ2) is 7.94. The molecule has 0 aliphatic heterocycles. The van der Waals surface area contributed by atoms with E-state index < -0.39 is 12.7 Å². The number of nitrogens with zero attached hydrogens (tertiary/aromatic N) is 3. The van der Waals surface area contributed by atoms with Gasteiger partial charge in [-0.1, -0.05) is 0 Å². The van der Waals surface area contributed by atoms with Crippen LogP contribution in [0.2, 0.25) is 0 Å². The predicted molar refractivity (Wildman–Crippen MR) is 93.5 cm³/mol. The van der Waals surface area contributed by atoms with Crippen LogP contribution in [0.25, 0.3) is 5.57 Å². The van der Waals surface area contributed by atoms with Crippen LogP contribution in [-0.4, -0.2) is 33.8 Å². The van der Waals surface area contributed by atoms with E-state index in [1.165, 1.54) is 6.20 Å². The minimum Gasteiger partial charge on any atom is -0.487 e. The van der Waals surface area contributed by atoms with Crippen LogP contribution in [0.4, 0.5) is 13.2 Å². The SMILES string of the molecule is Cc1ccc(OCC2=C(c3ccnn3CC(F)(F)F)CCCC2)c(C=O)n1. The molecule has 0 N–H and O–H groups in total. The Kier molecular flexibility index (Phi) is 5.62. The zero-order valence-corrected chi connectivity index (χ0v) is 14.9. The van der Waals surface area contributed by atoms with E-state index in [1.54, 1.807) is 25.1 Å². The van der Waals surface area contributed by atoms with Gasteiger partial charge in [-0.25, -0.2) is 4.98 Å². The third-order valence-electron chi connectivity index (χ3n) is 4.48. The smallest absolute Gasteiger partial charge is 0.408 e. The number of alkyl halides is 3. The van der Waals surface area contributed by atoms with Crippen LogP contribution >= 0.6 is 0 Å². The van der Waals surface area contributed by atoms with Crippen molar-refractivity contribution in [3.05, 3.63) is 47.1 Å². The number of aldehydes is 1. The molecular weight excluding hydrogens is 359 g/mol. The number of allylic oxidation sites excluding steroid dienone is 1. The van der Waals surface area contributed by atoms with E-state index in [0.717, 1.165) is 35.1 Å². The van der Waals surface area contributed by atoms with Gasteiger partial charge in [0.25, 0.3) is 0 Å². The van der Waals surface area contributed by atoms with Crippen LogP contribution in [0.15, 0.2) is 30.0 Å². The molecule has 0 unspecified atom stereocenters. The van der Waals surface area contributed by atoms with Crippen molar-refractivity contribution >= 4 is 11.9 Å². The summed E-state index contributed by atoms with van der Waals surface area (Å²) in [4.78, 5) is 15.3. The summed E-state index contributed by atoms with van der Waals surface area (Å²) < 4.78 is 45.2. The number of carbonyl (C=O) groups is 1. The van der Waals surface area contributed by atoms with E-state index in [0.29, 0.717) is 29.8 Å². The summed E-state index contributed by atoms with van der Waals surface area (Å²) in [5, 5.41) is 3.83. The Hall–Kier alpha value is -2.64. The first-order valence-corrected chi connectivity index (χ1v) is 8.73. The molecule has 0 spiro atoms. The molecule has 0 atom stereocenters. The molecule has 0 fully saturated rings. The topological polar surface area (TPSA) is 57.0 Å². The van der Waals surface area contributed by atoms with Gasteiger partial charge in [-0.2, -0.15) is 18.3 Å². The standard InChI is InChI=1S/C19H20F3N3O2/c1-13-6-7-18(16(10-26)24-13)27-11-14-4-2-3-5-15(14)17-8-9-23-25(17)12-19(20,21)22/h6-10H,2-5,11-12H2,1H3. The number of aromatic nitrogens is 3. The highest BCUT2D eigenvalue weighted by Crippen LogP contribution is 2.33. The average molecular weight is 379 g/mol. The average Bonchev–Trinajstić information content (AvgIpc) is 3.06. The second-order valence-electron chi connectivity index (χ2n) is 6.52. The Morgan fingerprint density at radius 1 is 1.22 bits per heavy atom. The Balaban J connectivity index is 1.86. The van der Waals surface area contributed by atoms with Gasteiger partial charge in [0, 0.05) is 11.9 Å². The molecule has 2 aromatic rings. The number of hydrogen-bond donors (Lipinski definition) is 0. The second-order valence-corrected chi connectivity index (χ2v) is 6.52. The Bertz CT molecular complexity index is 856. The van der Waals surface area contributed by atoms with Gasteiger partial charge in [-0.05, 0) is 62.0 Å². The molecule has 144 valence electrons. The molecule has 3 rings (SSSR count). The van der Waals surface area contributed by atoms with E-state index in [-0.39, 0.29) is 12.3 Å². The van der Waals surface area contributed by atoms with Crippen molar-refractivity contribution in [2.75, 3.05) is 6.61 Å². The van der Waals surface area contributed by atoms with Crippen LogP contribution < -0.4 is 4.74 Å². The highest BCUT2D eigenvalue weighted by Gasteiger charge is 2.30. The fourth-order valence-electron chi connectivity index (χ4n) is 3.26. The van der Waals surface area contributed by atoms with Crippen molar-refractivity contribution in [2.24, 2.45) is 0 Å². The lowest BCUT2D eigenvalue weighted by Crippen LogP contribution is -2.21. The lowest BCUT2D eigenvalue weighted by atomic mass is 9.90. The minimum atomic E-state index is -4.33. The van der Waals surface area contributed by atoms with Crippen LogP contribution in [0.3, 0.4) is 0 Å². The summed E-state index contributed by atoms with van der Waals surface area (Å²) in [6.07, 6.45) is 0.951.